The summed E-state index contributed by atoms with van der Waals surface area (Å²) in [6.45, 7) is -0.174. The molecule has 1 heterocycles. The average Bonchev–Trinajstić information content (AvgIpc) is 3.02. The molecule has 0 aliphatic carbocycles. The lowest BCUT2D eigenvalue weighted by Gasteiger charge is -2.13. The zero-order chi connectivity index (χ0) is 22.5. The minimum atomic E-state index is -0.669. The number of amides is 3. The molecule has 1 fully saturated rings. The van der Waals surface area contributed by atoms with Gasteiger partial charge in [-0.2, -0.15) is 0 Å². The lowest BCUT2D eigenvalue weighted by atomic mass is 10.1. The second-order valence-corrected chi connectivity index (χ2v) is 7.25. The normalized spacial score (nSPS) is 14.8. The summed E-state index contributed by atoms with van der Waals surface area (Å²) in [7, 11) is 1.28. The summed E-state index contributed by atoms with van der Waals surface area (Å²) in [6.07, 6.45) is 1.30. The van der Waals surface area contributed by atoms with Gasteiger partial charge in [-0.05, 0) is 36.0 Å². The van der Waals surface area contributed by atoms with E-state index in [1.165, 1.54) is 43.5 Å². The Bertz CT molecular complexity index is 1100. The monoisotopic (exact) mass is 445 g/mol. The van der Waals surface area contributed by atoms with Crippen molar-refractivity contribution in [1.29, 1.82) is 0 Å². The van der Waals surface area contributed by atoms with Gasteiger partial charge in [-0.25, -0.2) is 4.39 Å². The molecule has 3 rings (SSSR count). The second kappa shape index (κ2) is 9.39. The molecule has 1 aliphatic rings. The van der Waals surface area contributed by atoms with Crippen molar-refractivity contribution < 1.29 is 28.4 Å². The van der Waals surface area contributed by atoms with Crippen LogP contribution < -0.4 is 10.1 Å². The fraction of sp³-hybridized carbons (Fsp3) is 0.150. The summed E-state index contributed by atoms with van der Waals surface area (Å²) in [4.78, 5) is 48.3. The predicted molar refractivity (Wildman–Crippen MR) is 111 cm³/mol. The fourth-order valence-corrected chi connectivity index (χ4v) is 3.64. The molecule has 31 heavy (non-hydrogen) atoms. The highest BCUT2D eigenvalue weighted by Crippen LogP contribution is 2.32. The first kappa shape index (κ1) is 22.0. The number of nitrogens with one attached hydrogen (secondary N) is 1. The highest BCUT2D eigenvalue weighted by atomic mass is 32.2. The SMILES string of the molecule is COc1ccc(C(=O)NCCN2C(=O)S/C(=C\c3ccccc3F)C2=O)cc1[N+](=O)[O-]. The Balaban J connectivity index is 1.63. The van der Waals surface area contributed by atoms with Crippen LogP contribution in [0.4, 0.5) is 14.9 Å². The van der Waals surface area contributed by atoms with Gasteiger partial charge in [0, 0.05) is 30.3 Å². The molecule has 2 aromatic carbocycles. The molecule has 11 heteroatoms. The molecule has 160 valence electrons. The van der Waals surface area contributed by atoms with E-state index in [1.54, 1.807) is 6.07 Å². The highest BCUT2D eigenvalue weighted by molar-refractivity contribution is 8.18. The number of carbonyl (C=O) groups is 3. The summed E-state index contributed by atoms with van der Waals surface area (Å²) in [6, 6.07) is 9.59. The minimum absolute atomic E-state index is 0.0148. The van der Waals surface area contributed by atoms with Crippen LogP contribution in [0.15, 0.2) is 47.4 Å². The van der Waals surface area contributed by atoms with Gasteiger partial charge in [0.15, 0.2) is 5.75 Å². The fourth-order valence-electron chi connectivity index (χ4n) is 2.78. The third-order valence-corrected chi connectivity index (χ3v) is 5.23. The molecule has 0 bridgehead atoms. The number of nitro groups is 1. The lowest BCUT2D eigenvalue weighted by molar-refractivity contribution is -0.385. The van der Waals surface area contributed by atoms with Crippen LogP contribution in [0.25, 0.3) is 6.08 Å². The van der Waals surface area contributed by atoms with E-state index in [-0.39, 0.29) is 40.6 Å². The number of nitrogens with zero attached hydrogens (tertiary/aromatic N) is 2. The van der Waals surface area contributed by atoms with Gasteiger partial charge in [-0.1, -0.05) is 18.2 Å². The predicted octanol–water partition coefficient (Wildman–Crippen LogP) is 3.21. The van der Waals surface area contributed by atoms with Crippen LogP contribution in [-0.4, -0.2) is 47.1 Å². The number of hydrogen-bond donors (Lipinski definition) is 1. The Kier molecular flexibility index (Phi) is 6.65. The van der Waals surface area contributed by atoms with E-state index in [4.69, 9.17) is 4.74 Å². The van der Waals surface area contributed by atoms with Gasteiger partial charge < -0.3 is 10.1 Å². The van der Waals surface area contributed by atoms with E-state index >= 15 is 0 Å². The lowest BCUT2D eigenvalue weighted by Crippen LogP contribution is -2.37. The maximum Gasteiger partial charge on any atom is 0.311 e. The quantitative estimate of drug-likeness (QED) is 0.395. The molecule has 1 aliphatic heterocycles. The first-order chi connectivity index (χ1) is 14.8. The van der Waals surface area contributed by atoms with Crippen LogP contribution in [0.5, 0.6) is 5.75 Å². The van der Waals surface area contributed by atoms with E-state index < -0.39 is 27.8 Å². The molecule has 3 amide bonds. The van der Waals surface area contributed by atoms with E-state index in [2.05, 4.69) is 5.32 Å². The van der Waals surface area contributed by atoms with Crippen molar-refractivity contribution in [1.82, 2.24) is 10.2 Å². The van der Waals surface area contributed by atoms with E-state index in [9.17, 15) is 28.9 Å². The molecule has 9 nitrogen and oxygen atoms in total. The van der Waals surface area contributed by atoms with Crippen molar-refractivity contribution in [2.24, 2.45) is 0 Å². The number of thioether (sulfide) groups is 1. The van der Waals surface area contributed by atoms with Crippen LogP contribution in [0.3, 0.4) is 0 Å². The first-order valence-corrected chi connectivity index (χ1v) is 9.74. The molecule has 2 aromatic rings. The van der Waals surface area contributed by atoms with Gasteiger partial charge in [0.25, 0.3) is 17.1 Å². The number of halogens is 1. The van der Waals surface area contributed by atoms with Crippen molar-refractivity contribution in [2.75, 3.05) is 20.2 Å². The zero-order valence-corrected chi connectivity index (χ0v) is 17.0. The van der Waals surface area contributed by atoms with Crippen LogP contribution in [0.2, 0.25) is 0 Å². The Morgan fingerprint density at radius 1 is 1.29 bits per heavy atom. The van der Waals surface area contributed by atoms with Gasteiger partial charge in [-0.15, -0.1) is 0 Å². The van der Waals surface area contributed by atoms with Crippen LogP contribution in [0.1, 0.15) is 15.9 Å². The maximum atomic E-state index is 13.8. The Hall–Kier alpha value is -3.73. The summed E-state index contributed by atoms with van der Waals surface area (Å²) < 4.78 is 18.7. The molecule has 0 saturated carbocycles. The van der Waals surface area contributed by atoms with Crippen molar-refractivity contribution >= 4 is 40.6 Å². The average molecular weight is 445 g/mol. The number of ether oxygens (including phenoxy) is 1. The highest BCUT2D eigenvalue weighted by Gasteiger charge is 2.34. The number of methoxy groups -OCH3 is 1. The van der Waals surface area contributed by atoms with Gasteiger partial charge in [-0.3, -0.25) is 29.4 Å². The van der Waals surface area contributed by atoms with Crippen molar-refractivity contribution in [3.05, 3.63) is 74.4 Å². The van der Waals surface area contributed by atoms with E-state index in [0.29, 0.717) is 11.8 Å². The largest absolute Gasteiger partial charge is 0.490 e. The van der Waals surface area contributed by atoms with E-state index in [0.717, 1.165) is 11.0 Å². The number of benzene rings is 2. The van der Waals surface area contributed by atoms with Gasteiger partial charge in [0.05, 0.1) is 16.9 Å². The van der Waals surface area contributed by atoms with Gasteiger partial charge >= 0.3 is 5.69 Å². The third-order valence-electron chi connectivity index (χ3n) is 4.32. The number of hydrogen-bond acceptors (Lipinski definition) is 7. The zero-order valence-electron chi connectivity index (χ0n) is 16.2. The summed E-state index contributed by atoms with van der Waals surface area (Å²) >= 11 is 0.680. The Morgan fingerprint density at radius 3 is 2.71 bits per heavy atom. The van der Waals surface area contributed by atoms with Gasteiger partial charge in [0.1, 0.15) is 5.82 Å². The number of rotatable bonds is 7. The number of carbonyl (C=O) groups excluding carboxylic acids is 3. The first-order valence-electron chi connectivity index (χ1n) is 8.92. The molecule has 0 aromatic heterocycles. The van der Waals surface area contributed by atoms with Crippen LogP contribution in [-0.2, 0) is 4.79 Å². The maximum absolute atomic E-state index is 13.8. The molecule has 0 radical (unpaired) electrons. The molecular formula is C20H16FN3O6S. The number of imide groups is 1. The molecule has 1 saturated heterocycles. The summed E-state index contributed by atoms with van der Waals surface area (Å²) in [5.41, 5.74) is -0.150. The molecular weight excluding hydrogens is 429 g/mol. The molecule has 1 N–H and O–H groups in total. The minimum Gasteiger partial charge on any atom is -0.490 e. The molecule has 0 unspecified atom stereocenters. The topological polar surface area (TPSA) is 119 Å². The standard InChI is InChI=1S/C20H16FN3O6S/c1-30-16-7-6-13(10-15(16)24(28)29)18(25)22-8-9-23-19(26)17(31-20(23)27)11-12-4-2-3-5-14(12)21/h2-7,10-11H,8-9H2,1H3,(H,22,25)/b17-11-. The van der Waals surface area contributed by atoms with Crippen LogP contribution in [0, 0.1) is 15.9 Å². The van der Waals surface area contributed by atoms with E-state index in [1.807, 2.05) is 0 Å². The van der Waals surface area contributed by atoms with Crippen molar-refractivity contribution in [3.8, 4) is 5.75 Å². The third kappa shape index (κ3) is 4.89. The van der Waals surface area contributed by atoms with Crippen molar-refractivity contribution in [3.63, 3.8) is 0 Å². The second-order valence-electron chi connectivity index (χ2n) is 6.25. The molecule has 0 spiro atoms. The van der Waals surface area contributed by atoms with Gasteiger partial charge in [0.2, 0.25) is 0 Å². The Morgan fingerprint density at radius 2 is 2.03 bits per heavy atom. The Labute approximate surface area is 180 Å². The molecule has 0 atom stereocenters. The summed E-state index contributed by atoms with van der Waals surface area (Å²) in [5, 5.41) is 13.0. The van der Waals surface area contributed by atoms with Crippen LogP contribution >= 0.6 is 11.8 Å². The van der Waals surface area contributed by atoms with Crippen molar-refractivity contribution in [2.45, 2.75) is 0 Å². The smallest absolute Gasteiger partial charge is 0.311 e. The number of nitro benzene ring substituents is 1. The summed E-state index contributed by atoms with van der Waals surface area (Å²) in [5.74, 6) is -1.71.